The van der Waals surface area contributed by atoms with Crippen molar-refractivity contribution in [3.63, 3.8) is 0 Å². The van der Waals surface area contributed by atoms with Gasteiger partial charge in [0, 0.05) is 22.5 Å². The summed E-state index contributed by atoms with van der Waals surface area (Å²) in [6.07, 6.45) is 0.636. The van der Waals surface area contributed by atoms with E-state index < -0.39 is 0 Å². The van der Waals surface area contributed by atoms with Gasteiger partial charge in [-0.3, -0.25) is 16.0 Å². The Bertz CT molecular complexity index is 622. The van der Waals surface area contributed by atoms with Gasteiger partial charge in [-0.05, 0) is 37.6 Å². The summed E-state index contributed by atoms with van der Waals surface area (Å²) in [5, 5.41) is 5.78. The number of aryl methyl sites for hydroxylation is 2. The molecule has 0 aliphatic heterocycles. The van der Waals surface area contributed by atoms with Crippen LogP contribution >= 0.6 is 39.1 Å². The summed E-state index contributed by atoms with van der Waals surface area (Å²) in [5.41, 5.74) is 5.62. The average Bonchev–Trinajstić information content (AvgIpc) is 2.70. The molecule has 0 aliphatic carbocycles. The summed E-state index contributed by atoms with van der Waals surface area (Å²) in [6.45, 7) is 4.70. The van der Waals surface area contributed by atoms with Crippen LogP contribution in [0, 0.1) is 6.92 Å². The predicted octanol–water partition coefficient (Wildman–Crippen LogP) is 4.03. The highest BCUT2D eigenvalue weighted by atomic mass is 79.9. The highest BCUT2D eigenvalue weighted by Crippen LogP contribution is 2.29. The van der Waals surface area contributed by atoms with Crippen LogP contribution in [0.25, 0.3) is 0 Å². The van der Waals surface area contributed by atoms with Crippen molar-refractivity contribution in [2.75, 3.05) is 0 Å². The van der Waals surface area contributed by atoms with Crippen LogP contribution < -0.4 is 11.3 Å². The summed E-state index contributed by atoms with van der Waals surface area (Å²) in [7, 11) is 0. The molecule has 1 heterocycles. The molecule has 2 rings (SSSR count). The average molecular weight is 392 g/mol. The molecule has 4 nitrogen and oxygen atoms in total. The molecule has 1 aromatic carbocycles. The fraction of sp³-hybridized carbons (Fsp3) is 0.357. The first-order valence-electron chi connectivity index (χ1n) is 6.60. The van der Waals surface area contributed by atoms with Gasteiger partial charge < -0.3 is 0 Å². The lowest BCUT2D eigenvalue weighted by Crippen LogP contribution is -2.30. The van der Waals surface area contributed by atoms with Gasteiger partial charge in [0.05, 0.1) is 22.5 Å². The second kappa shape index (κ2) is 7.11. The van der Waals surface area contributed by atoms with Crippen LogP contribution in [0.15, 0.2) is 22.7 Å². The van der Waals surface area contributed by atoms with Crippen molar-refractivity contribution in [2.45, 2.75) is 32.9 Å². The summed E-state index contributed by atoms with van der Waals surface area (Å²) in [4.78, 5) is 0. The molecular weight excluding hydrogens is 375 g/mol. The smallest absolute Gasteiger partial charge is 0.0847 e. The number of hydrogen-bond acceptors (Lipinski definition) is 3. The quantitative estimate of drug-likeness (QED) is 0.597. The Morgan fingerprint density at radius 1 is 1.38 bits per heavy atom. The van der Waals surface area contributed by atoms with Crippen LogP contribution in [-0.2, 0) is 13.0 Å². The molecule has 7 heteroatoms. The van der Waals surface area contributed by atoms with Crippen LogP contribution in [-0.4, -0.2) is 9.78 Å². The Balaban J connectivity index is 2.35. The molecule has 0 spiro atoms. The zero-order valence-electron chi connectivity index (χ0n) is 11.8. The van der Waals surface area contributed by atoms with Crippen LogP contribution in [0.5, 0.6) is 0 Å². The van der Waals surface area contributed by atoms with Crippen molar-refractivity contribution in [3.8, 4) is 0 Å². The van der Waals surface area contributed by atoms with E-state index in [1.807, 2.05) is 36.7 Å². The van der Waals surface area contributed by atoms with Crippen molar-refractivity contribution in [2.24, 2.45) is 5.84 Å². The number of nitrogens with zero attached hydrogens (tertiary/aromatic N) is 2. The maximum Gasteiger partial charge on any atom is 0.0847 e. The van der Waals surface area contributed by atoms with Gasteiger partial charge in [0.25, 0.3) is 0 Å². The molecule has 3 N–H and O–H groups in total. The number of benzene rings is 1. The standard InChI is InChI=1S/C14H17BrCl2N4/c1-3-21-13(14(17)8(2)20-21)7-12(19-18)9-4-10(15)6-11(16)5-9/h4-6,12,19H,3,7,18H2,1-2H3. The molecule has 1 atom stereocenters. The third kappa shape index (κ3) is 3.79. The van der Waals surface area contributed by atoms with Gasteiger partial charge in [-0.25, -0.2) is 0 Å². The Morgan fingerprint density at radius 3 is 2.67 bits per heavy atom. The topological polar surface area (TPSA) is 55.9 Å². The molecule has 0 bridgehead atoms. The molecule has 21 heavy (non-hydrogen) atoms. The summed E-state index contributed by atoms with van der Waals surface area (Å²) < 4.78 is 2.82. The normalized spacial score (nSPS) is 12.7. The Labute approximate surface area is 142 Å². The first-order valence-corrected chi connectivity index (χ1v) is 8.15. The lowest BCUT2D eigenvalue weighted by molar-refractivity contribution is 0.517. The molecule has 0 saturated heterocycles. The molecule has 0 saturated carbocycles. The largest absolute Gasteiger partial charge is 0.271 e. The van der Waals surface area contributed by atoms with Crippen molar-refractivity contribution in [1.29, 1.82) is 0 Å². The molecule has 0 aliphatic rings. The fourth-order valence-electron chi connectivity index (χ4n) is 2.31. The summed E-state index contributed by atoms with van der Waals surface area (Å²) in [5.74, 6) is 5.72. The molecule has 114 valence electrons. The first-order chi connectivity index (χ1) is 9.96. The Hall–Kier alpha value is -0.590. The first kappa shape index (κ1) is 16.8. The highest BCUT2D eigenvalue weighted by molar-refractivity contribution is 9.10. The number of hydrazine groups is 1. The molecule has 1 aromatic heterocycles. The van der Waals surface area contributed by atoms with E-state index >= 15 is 0 Å². The number of nitrogens with two attached hydrogens (primary N) is 1. The molecule has 1 unspecified atom stereocenters. The highest BCUT2D eigenvalue weighted by Gasteiger charge is 2.19. The zero-order valence-corrected chi connectivity index (χ0v) is 14.9. The third-order valence-electron chi connectivity index (χ3n) is 3.34. The Morgan fingerprint density at radius 2 is 2.10 bits per heavy atom. The minimum Gasteiger partial charge on any atom is -0.271 e. The van der Waals surface area contributed by atoms with E-state index in [0.29, 0.717) is 16.5 Å². The number of aromatic nitrogens is 2. The van der Waals surface area contributed by atoms with Gasteiger partial charge in [0.1, 0.15) is 0 Å². The van der Waals surface area contributed by atoms with Gasteiger partial charge in [-0.1, -0.05) is 39.1 Å². The lowest BCUT2D eigenvalue weighted by Gasteiger charge is -2.18. The van der Waals surface area contributed by atoms with E-state index in [4.69, 9.17) is 29.0 Å². The van der Waals surface area contributed by atoms with Crippen molar-refractivity contribution < 1.29 is 0 Å². The number of rotatable bonds is 5. The van der Waals surface area contributed by atoms with E-state index in [1.54, 1.807) is 0 Å². The maximum atomic E-state index is 6.36. The third-order valence-corrected chi connectivity index (χ3v) is 4.51. The monoisotopic (exact) mass is 390 g/mol. The van der Waals surface area contributed by atoms with E-state index in [2.05, 4.69) is 26.5 Å². The van der Waals surface area contributed by atoms with Crippen molar-refractivity contribution in [1.82, 2.24) is 15.2 Å². The lowest BCUT2D eigenvalue weighted by atomic mass is 10.0. The number of nitrogens with one attached hydrogen (secondary N) is 1. The van der Waals surface area contributed by atoms with Crippen molar-refractivity contribution >= 4 is 39.1 Å². The van der Waals surface area contributed by atoms with Gasteiger partial charge in [0.2, 0.25) is 0 Å². The van der Waals surface area contributed by atoms with Crippen LogP contribution in [0.1, 0.15) is 29.9 Å². The van der Waals surface area contributed by atoms with E-state index in [1.165, 1.54) is 0 Å². The van der Waals surface area contributed by atoms with Crippen LogP contribution in [0.4, 0.5) is 0 Å². The number of hydrogen-bond donors (Lipinski definition) is 2. The fourth-order valence-corrected chi connectivity index (χ4v) is 3.41. The van der Waals surface area contributed by atoms with E-state index in [9.17, 15) is 0 Å². The second-order valence-corrected chi connectivity index (χ2v) is 6.52. The molecule has 0 fully saturated rings. The molecule has 2 aromatic rings. The number of halogens is 3. The zero-order chi connectivity index (χ0) is 15.6. The van der Waals surface area contributed by atoms with Crippen molar-refractivity contribution in [3.05, 3.63) is 49.7 Å². The van der Waals surface area contributed by atoms with Gasteiger partial charge in [-0.2, -0.15) is 5.10 Å². The van der Waals surface area contributed by atoms with Crippen LogP contribution in [0.3, 0.4) is 0 Å². The second-order valence-electron chi connectivity index (χ2n) is 4.79. The summed E-state index contributed by atoms with van der Waals surface area (Å²) in [6, 6.07) is 5.62. The van der Waals surface area contributed by atoms with E-state index in [-0.39, 0.29) is 6.04 Å². The van der Waals surface area contributed by atoms with Gasteiger partial charge in [0.15, 0.2) is 0 Å². The maximum absolute atomic E-state index is 6.36. The summed E-state index contributed by atoms with van der Waals surface area (Å²) >= 11 is 15.9. The minimum atomic E-state index is -0.0982. The molecule has 0 amide bonds. The SMILES string of the molecule is CCn1nc(C)c(Cl)c1CC(NN)c1cc(Cl)cc(Br)c1. The minimum absolute atomic E-state index is 0.0982. The Kier molecular flexibility index (Phi) is 5.68. The molecular formula is C14H17BrCl2N4. The van der Waals surface area contributed by atoms with E-state index in [0.717, 1.165) is 28.0 Å². The molecule has 0 radical (unpaired) electrons. The van der Waals surface area contributed by atoms with Gasteiger partial charge in [-0.15, -0.1) is 0 Å². The van der Waals surface area contributed by atoms with Crippen LogP contribution in [0.2, 0.25) is 10.0 Å². The van der Waals surface area contributed by atoms with Gasteiger partial charge >= 0.3 is 0 Å². The predicted molar refractivity (Wildman–Crippen MR) is 90.6 cm³/mol.